The predicted molar refractivity (Wildman–Crippen MR) is 92.5 cm³/mol. The first-order valence-corrected chi connectivity index (χ1v) is 7.45. The van der Waals surface area contributed by atoms with E-state index in [1.54, 1.807) is 19.1 Å². The van der Waals surface area contributed by atoms with Gasteiger partial charge in [-0.3, -0.25) is 0 Å². The van der Waals surface area contributed by atoms with Crippen molar-refractivity contribution in [2.24, 2.45) is 10.9 Å². The molecule has 0 fully saturated rings. The number of hydrogen-bond acceptors (Lipinski definition) is 5. The fourth-order valence-electron chi connectivity index (χ4n) is 1.90. The fraction of sp³-hybridized carbons (Fsp3) is 0.278. The van der Waals surface area contributed by atoms with Crippen LogP contribution in [0.3, 0.4) is 0 Å². The molecule has 2 aromatic carbocycles. The molecule has 5 nitrogen and oxygen atoms in total. The first kappa shape index (κ1) is 20.4. The molecule has 0 radical (unpaired) electrons. The maximum atomic E-state index is 12.9. The zero-order chi connectivity index (χ0) is 19.0. The van der Waals surface area contributed by atoms with Gasteiger partial charge in [0.1, 0.15) is 0 Å². The van der Waals surface area contributed by atoms with Crippen molar-refractivity contribution >= 4 is 5.71 Å². The Balaban J connectivity index is 0.000000251. The Bertz CT molecular complexity index is 734. The normalized spacial score (nSPS) is 12.0. The van der Waals surface area contributed by atoms with Crippen LogP contribution in [0.5, 0.6) is 11.5 Å². The second kappa shape index (κ2) is 9.58. The minimum Gasteiger partial charge on any atom is -0.494 e. The molecule has 0 saturated carbocycles. The molecule has 0 aliphatic rings. The fourth-order valence-corrected chi connectivity index (χ4v) is 1.90. The van der Waals surface area contributed by atoms with Gasteiger partial charge < -0.3 is 20.4 Å². The first-order chi connectivity index (χ1) is 11.8. The van der Waals surface area contributed by atoms with Gasteiger partial charge in [0.2, 0.25) is 0 Å². The molecule has 0 heterocycles. The third-order valence-electron chi connectivity index (χ3n) is 3.42. The average Bonchev–Trinajstić information content (AvgIpc) is 2.62. The molecule has 0 bridgehead atoms. The Morgan fingerprint density at radius 1 is 1.04 bits per heavy atom. The Kier molecular flexibility index (Phi) is 7.81. The summed E-state index contributed by atoms with van der Waals surface area (Å²) < 4.78 is 35.4. The standard InChI is InChI=1S/C9H10FNO2.C9H12FNO/c1-6(11-12)7-3-4-8(10)9(5-7)13-2;1-6(11)7-3-4-8(10)9(5-7)12-2/h3-5,12H,1-2H3;3-6H,11H2,1-2H3/b11-6-;. The molecule has 0 saturated heterocycles. The molecular weight excluding hydrogens is 330 g/mol. The van der Waals surface area contributed by atoms with E-state index in [0.29, 0.717) is 11.3 Å². The largest absolute Gasteiger partial charge is 0.494 e. The Morgan fingerprint density at radius 2 is 1.56 bits per heavy atom. The van der Waals surface area contributed by atoms with Crippen LogP contribution < -0.4 is 15.2 Å². The number of benzene rings is 2. The number of nitrogens with two attached hydrogens (primary N) is 1. The topological polar surface area (TPSA) is 77.1 Å². The van der Waals surface area contributed by atoms with Gasteiger partial charge in [-0.1, -0.05) is 11.2 Å². The molecule has 2 aromatic rings. The van der Waals surface area contributed by atoms with Gasteiger partial charge in [-0.05, 0) is 49.7 Å². The highest BCUT2D eigenvalue weighted by molar-refractivity contribution is 5.98. The quantitative estimate of drug-likeness (QED) is 0.497. The van der Waals surface area contributed by atoms with Gasteiger partial charge in [0, 0.05) is 11.6 Å². The summed E-state index contributed by atoms with van der Waals surface area (Å²) in [6.45, 7) is 3.46. The lowest BCUT2D eigenvalue weighted by Crippen LogP contribution is -2.05. The van der Waals surface area contributed by atoms with E-state index in [1.165, 1.54) is 38.5 Å². The van der Waals surface area contributed by atoms with Gasteiger partial charge in [0.15, 0.2) is 23.1 Å². The van der Waals surface area contributed by atoms with Crippen molar-refractivity contribution in [2.45, 2.75) is 19.9 Å². The van der Waals surface area contributed by atoms with E-state index < -0.39 is 5.82 Å². The van der Waals surface area contributed by atoms with E-state index in [0.717, 1.165) is 5.56 Å². The summed E-state index contributed by atoms with van der Waals surface area (Å²) in [5.74, 6) is -0.413. The summed E-state index contributed by atoms with van der Waals surface area (Å²) in [5, 5.41) is 11.5. The van der Waals surface area contributed by atoms with Gasteiger partial charge in [0.05, 0.1) is 19.9 Å². The Labute approximate surface area is 145 Å². The minimum atomic E-state index is -0.433. The van der Waals surface area contributed by atoms with Crippen LogP contribution in [0.1, 0.15) is 31.0 Å². The highest BCUT2D eigenvalue weighted by atomic mass is 19.1. The summed E-state index contributed by atoms with van der Waals surface area (Å²) in [4.78, 5) is 0. The van der Waals surface area contributed by atoms with Crippen molar-refractivity contribution < 1.29 is 23.5 Å². The second-order valence-electron chi connectivity index (χ2n) is 5.22. The van der Waals surface area contributed by atoms with E-state index >= 15 is 0 Å². The molecular formula is C18H22F2N2O3. The van der Waals surface area contributed by atoms with Crippen LogP contribution in [0.15, 0.2) is 41.6 Å². The summed E-state index contributed by atoms with van der Waals surface area (Å²) >= 11 is 0. The smallest absolute Gasteiger partial charge is 0.165 e. The summed E-state index contributed by atoms with van der Waals surface area (Å²) in [6.07, 6.45) is 0. The van der Waals surface area contributed by atoms with Crippen LogP contribution in [0.2, 0.25) is 0 Å². The molecule has 2 rings (SSSR count). The highest BCUT2D eigenvalue weighted by Crippen LogP contribution is 2.21. The van der Waals surface area contributed by atoms with Crippen molar-refractivity contribution in [1.82, 2.24) is 0 Å². The van der Waals surface area contributed by atoms with Gasteiger partial charge in [-0.2, -0.15) is 0 Å². The number of hydrogen-bond donors (Lipinski definition) is 2. The van der Waals surface area contributed by atoms with E-state index in [1.807, 2.05) is 6.92 Å². The van der Waals surface area contributed by atoms with Crippen LogP contribution in [-0.4, -0.2) is 25.1 Å². The van der Waals surface area contributed by atoms with Crippen LogP contribution >= 0.6 is 0 Å². The molecule has 0 spiro atoms. The van der Waals surface area contributed by atoms with Crippen molar-refractivity contribution in [1.29, 1.82) is 0 Å². The second-order valence-corrected chi connectivity index (χ2v) is 5.22. The van der Waals surface area contributed by atoms with Gasteiger partial charge in [0.25, 0.3) is 0 Å². The molecule has 7 heteroatoms. The van der Waals surface area contributed by atoms with E-state index in [2.05, 4.69) is 5.16 Å². The molecule has 25 heavy (non-hydrogen) atoms. The van der Waals surface area contributed by atoms with Crippen LogP contribution in [0, 0.1) is 11.6 Å². The summed E-state index contributed by atoms with van der Waals surface area (Å²) in [7, 11) is 2.82. The number of rotatable bonds is 4. The molecule has 0 aliphatic carbocycles. The molecule has 1 atom stereocenters. The van der Waals surface area contributed by atoms with Crippen LogP contribution in [-0.2, 0) is 0 Å². The van der Waals surface area contributed by atoms with Gasteiger partial charge >= 0.3 is 0 Å². The van der Waals surface area contributed by atoms with Crippen LogP contribution in [0.25, 0.3) is 0 Å². The lowest BCUT2D eigenvalue weighted by Gasteiger charge is -2.07. The van der Waals surface area contributed by atoms with Crippen LogP contribution in [0.4, 0.5) is 8.78 Å². The zero-order valence-electron chi connectivity index (χ0n) is 14.6. The molecule has 0 aromatic heterocycles. The van der Waals surface area contributed by atoms with Gasteiger partial charge in [-0.25, -0.2) is 8.78 Å². The maximum absolute atomic E-state index is 12.9. The van der Waals surface area contributed by atoms with E-state index in [9.17, 15) is 8.78 Å². The Hall–Kier alpha value is -2.67. The zero-order valence-corrected chi connectivity index (χ0v) is 14.6. The third-order valence-corrected chi connectivity index (χ3v) is 3.42. The molecule has 3 N–H and O–H groups in total. The molecule has 0 amide bonds. The first-order valence-electron chi connectivity index (χ1n) is 7.45. The third kappa shape index (κ3) is 5.72. The van der Waals surface area contributed by atoms with Crippen molar-refractivity contribution in [2.75, 3.05) is 14.2 Å². The molecule has 0 aliphatic heterocycles. The lowest BCUT2D eigenvalue weighted by atomic mass is 10.1. The van der Waals surface area contributed by atoms with E-state index in [4.69, 9.17) is 20.4 Å². The SMILES string of the molecule is COc1cc(/C(C)=N\O)ccc1F.COc1cc(C(C)N)ccc1F. The number of halogens is 2. The number of ether oxygens (including phenoxy) is 2. The number of methoxy groups -OCH3 is 2. The lowest BCUT2D eigenvalue weighted by molar-refractivity contribution is 0.319. The van der Waals surface area contributed by atoms with Crippen molar-refractivity contribution in [3.05, 3.63) is 59.2 Å². The van der Waals surface area contributed by atoms with Crippen molar-refractivity contribution in [3.8, 4) is 11.5 Å². The predicted octanol–water partition coefficient (Wildman–Crippen LogP) is 3.89. The number of oxime groups is 1. The minimum absolute atomic E-state index is 0.0977. The van der Waals surface area contributed by atoms with E-state index in [-0.39, 0.29) is 23.4 Å². The highest BCUT2D eigenvalue weighted by Gasteiger charge is 2.06. The molecule has 1 unspecified atom stereocenters. The Morgan fingerprint density at radius 3 is 2.04 bits per heavy atom. The monoisotopic (exact) mass is 352 g/mol. The van der Waals surface area contributed by atoms with Gasteiger partial charge in [-0.15, -0.1) is 0 Å². The number of nitrogens with zero attached hydrogens (tertiary/aromatic N) is 1. The molecule has 136 valence electrons. The maximum Gasteiger partial charge on any atom is 0.165 e. The average molecular weight is 352 g/mol. The summed E-state index contributed by atoms with van der Waals surface area (Å²) in [5.41, 5.74) is 7.52. The summed E-state index contributed by atoms with van der Waals surface area (Å²) in [6, 6.07) is 8.79. The van der Waals surface area contributed by atoms with Crippen molar-refractivity contribution in [3.63, 3.8) is 0 Å².